The van der Waals surface area contributed by atoms with Gasteiger partial charge in [0.1, 0.15) is 0 Å². The van der Waals surface area contributed by atoms with E-state index in [1.54, 1.807) is 31.2 Å². The highest BCUT2D eigenvalue weighted by Gasteiger charge is 2.40. The molecule has 1 aliphatic heterocycles. The minimum Gasteiger partial charge on any atom is -0.462 e. The number of rotatable bonds is 5. The Labute approximate surface area is 147 Å². The highest BCUT2D eigenvalue weighted by Crippen LogP contribution is 2.25. The molecular formula is C19H24N2O4. The third kappa shape index (κ3) is 3.90. The number of amides is 2. The molecule has 0 radical (unpaired) electrons. The van der Waals surface area contributed by atoms with Crippen LogP contribution >= 0.6 is 0 Å². The molecule has 1 aromatic rings. The average molecular weight is 344 g/mol. The lowest BCUT2D eigenvalue weighted by Gasteiger charge is -2.25. The summed E-state index contributed by atoms with van der Waals surface area (Å²) in [7, 11) is 0. The zero-order valence-corrected chi connectivity index (χ0v) is 14.5. The second kappa shape index (κ2) is 7.78. The molecule has 25 heavy (non-hydrogen) atoms. The van der Waals surface area contributed by atoms with Crippen molar-refractivity contribution >= 4 is 23.5 Å². The molecule has 1 aromatic carbocycles. The van der Waals surface area contributed by atoms with Gasteiger partial charge >= 0.3 is 5.97 Å². The molecule has 2 fully saturated rings. The van der Waals surface area contributed by atoms with Crippen LogP contribution in [-0.4, -0.2) is 36.5 Å². The van der Waals surface area contributed by atoms with E-state index in [0.29, 0.717) is 23.9 Å². The maximum atomic E-state index is 12.7. The monoisotopic (exact) mass is 344 g/mol. The van der Waals surface area contributed by atoms with Crippen molar-refractivity contribution in [1.29, 1.82) is 0 Å². The van der Waals surface area contributed by atoms with E-state index in [-0.39, 0.29) is 18.2 Å². The summed E-state index contributed by atoms with van der Waals surface area (Å²) in [5, 5.41) is 3.36. The Kier molecular flexibility index (Phi) is 5.48. The third-order valence-electron chi connectivity index (χ3n) is 4.83. The van der Waals surface area contributed by atoms with Crippen LogP contribution in [0.4, 0.5) is 5.69 Å². The van der Waals surface area contributed by atoms with Gasteiger partial charge < -0.3 is 10.1 Å². The fourth-order valence-corrected chi connectivity index (χ4v) is 3.55. The smallest absolute Gasteiger partial charge is 0.338 e. The van der Waals surface area contributed by atoms with Crippen molar-refractivity contribution in [3.05, 3.63) is 29.8 Å². The minimum absolute atomic E-state index is 0.189. The lowest BCUT2D eigenvalue weighted by atomic mass is 9.95. The number of carbonyl (C=O) groups is 3. The summed E-state index contributed by atoms with van der Waals surface area (Å²) < 4.78 is 4.94. The zero-order valence-electron chi connectivity index (χ0n) is 14.5. The van der Waals surface area contributed by atoms with Gasteiger partial charge in [0, 0.05) is 6.04 Å². The second-order valence-corrected chi connectivity index (χ2v) is 6.59. The van der Waals surface area contributed by atoms with Crippen molar-refractivity contribution in [3.63, 3.8) is 0 Å². The van der Waals surface area contributed by atoms with Crippen molar-refractivity contribution in [2.45, 2.75) is 57.5 Å². The van der Waals surface area contributed by atoms with Crippen molar-refractivity contribution < 1.29 is 19.1 Å². The first-order valence-electron chi connectivity index (χ1n) is 9.00. The number of carbonyl (C=O) groups excluding carboxylic acids is 3. The molecule has 0 spiro atoms. The molecular weight excluding hydrogens is 320 g/mol. The predicted molar refractivity (Wildman–Crippen MR) is 93.3 cm³/mol. The lowest BCUT2D eigenvalue weighted by Crippen LogP contribution is -2.44. The van der Waals surface area contributed by atoms with Crippen molar-refractivity contribution in [1.82, 2.24) is 5.32 Å². The van der Waals surface area contributed by atoms with E-state index in [1.165, 1.54) is 24.2 Å². The number of imide groups is 1. The molecule has 134 valence electrons. The van der Waals surface area contributed by atoms with Crippen LogP contribution in [0.15, 0.2) is 24.3 Å². The Morgan fingerprint density at radius 1 is 1.16 bits per heavy atom. The molecule has 2 aliphatic rings. The quantitative estimate of drug-likeness (QED) is 0.656. The first kappa shape index (κ1) is 17.6. The van der Waals surface area contributed by atoms with E-state index in [4.69, 9.17) is 4.74 Å². The normalized spacial score (nSPS) is 21.6. The number of hydrogen-bond acceptors (Lipinski definition) is 5. The van der Waals surface area contributed by atoms with Gasteiger partial charge in [-0.05, 0) is 44.0 Å². The van der Waals surface area contributed by atoms with Gasteiger partial charge in [-0.1, -0.05) is 19.3 Å². The summed E-state index contributed by atoms with van der Waals surface area (Å²) in [6.45, 7) is 2.05. The van der Waals surface area contributed by atoms with Crippen LogP contribution < -0.4 is 10.2 Å². The van der Waals surface area contributed by atoms with E-state index in [0.717, 1.165) is 12.8 Å². The molecule has 0 bridgehead atoms. The van der Waals surface area contributed by atoms with E-state index >= 15 is 0 Å². The van der Waals surface area contributed by atoms with E-state index in [9.17, 15) is 14.4 Å². The highest BCUT2D eigenvalue weighted by atomic mass is 16.5. The molecule has 1 saturated carbocycles. The Balaban J connectivity index is 1.68. The largest absolute Gasteiger partial charge is 0.462 e. The molecule has 6 nitrogen and oxygen atoms in total. The van der Waals surface area contributed by atoms with Gasteiger partial charge in [0.15, 0.2) is 0 Å². The Morgan fingerprint density at radius 2 is 1.84 bits per heavy atom. The molecule has 1 N–H and O–H groups in total. The summed E-state index contributed by atoms with van der Waals surface area (Å²) in [6.07, 6.45) is 5.90. The standard InChI is InChI=1S/C19H24N2O4/c1-2-25-19(24)13-8-10-15(11-9-13)21-17(22)12-16(18(21)23)20-14-6-4-3-5-7-14/h8-11,14,16,20H,2-7,12H2,1H3. The van der Waals surface area contributed by atoms with Crippen LogP contribution in [0.2, 0.25) is 0 Å². The van der Waals surface area contributed by atoms with Gasteiger partial charge in [0.05, 0.1) is 30.3 Å². The molecule has 3 rings (SSSR count). The van der Waals surface area contributed by atoms with Crippen LogP contribution in [0.5, 0.6) is 0 Å². The number of esters is 1. The van der Waals surface area contributed by atoms with Crippen LogP contribution in [-0.2, 0) is 14.3 Å². The second-order valence-electron chi connectivity index (χ2n) is 6.59. The van der Waals surface area contributed by atoms with E-state index in [2.05, 4.69) is 5.32 Å². The molecule has 0 aromatic heterocycles. The van der Waals surface area contributed by atoms with Gasteiger partial charge in [-0.3, -0.25) is 9.59 Å². The summed E-state index contributed by atoms with van der Waals surface area (Å²) in [4.78, 5) is 37.9. The molecule has 1 unspecified atom stereocenters. The topological polar surface area (TPSA) is 75.7 Å². The number of nitrogens with one attached hydrogen (secondary N) is 1. The van der Waals surface area contributed by atoms with Crippen LogP contribution in [0, 0.1) is 0 Å². The first-order valence-corrected chi connectivity index (χ1v) is 9.00. The molecule has 1 atom stereocenters. The summed E-state index contributed by atoms with van der Waals surface area (Å²) in [5.41, 5.74) is 0.901. The van der Waals surface area contributed by atoms with Gasteiger partial charge in [0.25, 0.3) is 5.91 Å². The third-order valence-corrected chi connectivity index (χ3v) is 4.83. The fraction of sp³-hybridized carbons (Fsp3) is 0.526. The molecule has 6 heteroatoms. The molecule has 1 aliphatic carbocycles. The summed E-state index contributed by atoms with van der Waals surface area (Å²) in [5.74, 6) is -0.827. The highest BCUT2D eigenvalue weighted by molar-refractivity contribution is 6.22. The number of benzene rings is 1. The van der Waals surface area contributed by atoms with Gasteiger partial charge in [-0.2, -0.15) is 0 Å². The van der Waals surface area contributed by atoms with E-state index < -0.39 is 12.0 Å². The Morgan fingerprint density at radius 3 is 2.48 bits per heavy atom. The molecule has 2 amide bonds. The average Bonchev–Trinajstić information content (AvgIpc) is 2.90. The number of anilines is 1. The first-order chi connectivity index (χ1) is 12.1. The van der Waals surface area contributed by atoms with Crippen LogP contribution in [0.1, 0.15) is 55.8 Å². The minimum atomic E-state index is -0.444. The number of hydrogen-bond donors (Lipinski definition) is 1. The molecule has 1 saturated heterocycles. The Bertz CT molecular complexity index is 650. The van der Waals surface area contributed by atoms with E-state index in [1.807, 2.05) is 0 Å². The SMILES string of the molecule is CCOC(=O)c1ccc(N2C(=O)CC(NC3CCCCC3)C2=O)cc1. The van der Waals surface area contributed by atoms with Crippen LogP contribution in [0.3, 0.4) is 0 Å². The zero-order chi connectivity index (χ0) is 17.8. The fourth-order valence-electron chi connectivity index (χ4n) is 3.55. The maximum Gasteiger partial charge on any atom is 0.338 e. The lowest BCUT2D eigenvalue weighted by molar-refractivity contribution is -0.121. The van der Waals surface area contributed by atoms with Gasteiger partial charge in [-0.25, -0.2) is 9.69 Å². The maximum absolute atomic E-state index is 12.7. The Hall–Kier alpha value is -2.21. The predicted octanol–water partition coefficient (Wildman–Crippen LogP) is 2.42. The number of nitrogens with zero attached hydrogens (tertiary/aromatic N) is 1. The van der Waals surface area contributed by atoms with Crippen molar-refractivity contribution in [3.8, 4) is 0 Å². The van der Waals surface area contributed by atoms with Crippen molar-refractivity contribution in [2.24, 2.45) is 0 Å². The summed E-state index contributed by atoms with van der Waals surface area (Å²) in [6, 6.07) is 6.27. The van der Waals surface area contributed by atoms with Crippen molar-refractivity contribution in [2.75, 3.05) is 11.5 Å². The van der Waals surface area contributed by atoms with Crippen LogP contribution in [0.25, 0.3) is 0 Å². The molecule has 1 heterocycles. The number of ether oxygens (including phenoxy) is 1. The van der Waals surface area contributed by atoms with Gasteiger partial charge in [0.2, 0.25) is 5.91 Å². The summed E-state index contributed by atoms with van der Waals surface area (Å²) >= 11 is 0. The van der Waals surface area contributed by atoms with Gasteiger partial charge in [-0.15, -0.1) is 0 Å².